The Morgan fingerprint density at radius 1 is 0.921 bits per heavy atom. The number of nitrogens with two attached hydrogens (primary N) is 1. The molecule has 7 heteroatoms. The maximum absolute atomic E-state index is 13.1. The van der Waals surface area contributed by atoms with Crippen LogP contribution in [-0.2, 0) is 6.61 Å². The molecule has 0 bridgehead atoms. The lowest BCUT2D eigenvalue weighted by Crippen LogP contribution is -2.45. The molecule has 0 radical (unpaired) electrons. The zero-order valence-corrected chi connectivity index (χ0v) is 21.6. The zero-order chi connectivity index (χ0) is 25.9. The predicted octanol–water partition coefficient (Wildman–Crippen LogP) is 5.16. The highest BCUT2D eigenvalue weighted by Gasteiger charge is 2.28. The highest BCUT2D eigenvalue weighted by atomic mass is 16.5. The van der Waals surface area contributed by atoms with E-state index in [2.05, 4.69) is 14.9 Å². The number of benzene rings is 2. The van der Waals surface area contributed by atoms with Gasteiger partial charge in [0.05, 0.1) is 5.52 Å². The molecule has 2 fully saturated rings. The summed E-state index contributed by atoms with van der Waals surface area (Å²) in [5.41, 5.74) is 10.6. The van der Waals surface area contributed by atoms with Crippen LogP contribution in [0.15, 0.2) is 73.1 Å². The number of likely N-dealkylation sites (tertiary alicyclic amines) is 2. The fourth-order valence-electron chi connectivity index (χ4n) is 5.70. The highest BCUT2D eigenvalue weighted by molar-refractivity contribution is 5.94. The van der Waals surface area contributed by atoms with Gasteiger partial charge in [0.2, 0.25) is 0 Å². The number of pyridine rings is 2. The van der Waals surface area contributed by atoms with Gasteiger partial charge in [0.25, 0.3) is 5.91 Å². The van der Waals surface area contributed by atoms with Gasteiger partial charge in [-0.15, -0.1) is 0 Å². The molecule has 4 aromatic rings. The van der Waals surface area contributed by atoms with Crippen molar-refractivity contribution >= 4 is 22.6 Å². The molecule has 194 valence electrons. The van der Waals surface area contributed by atoms with Crippen LogP contribution < -0.4 is 10.5 Å². The summed E-state index contributed by atoms with van der Waals surface area (Å²) in [7, 11) is 0. The summed E-state index contributed by atoms with van der Waals surface area (Å²) in [5.74, 6) is 0.974. The summed E-state index contributed by atoms with van der Waals surface area (Å²) < 4.78 is 6.09. The number of ether oxygens (including phenoxy) is 1. The van der Waals surface area contributed by atoms with E-state index in [0.29, 0.717) is 24.2 Å². The predicted molar refractivity (Wildman–Crippen MR) is 150 cm³/mol. The van der Waals surface area contributed by atoms with Crippen molar-refractivity contribution in [3.8, 4) is 16.9 Å². The number of amides is 1. The van der Waals surface area contributed by atoms with E-state index >= 15 is 0 Å². The number of anilines is 1. The van der Waals surface area contributed by atoms with Gasteiger partial charge in [0, 0.05) is 53.6 Å². The molecule has 0 saturated carbocycles. The average Bonchev–Trinajstić information content (AvgIpc) is 3.52. The first-order valence-electron chi connectivity index (χ1n) is 13.5. The number of nitrogen functional groups attached to an aromatic ring is 1. The number of nitrogens with zero attached hydrogens (tertiary/aromatic N) is 4. The van der Waals surface area contributed by atoms with Gasteiger partial charge in [-0.2, -0.15) is 0 Å². The molecule has 2 N–H and O–H groups in total. The van der Waals surface area contributed by atoms with E-state index in [1.165, 1.54) is 25.9 Å². The maximum atomic E-state index is 13.1. The Bertz CT molecular complexity index is 1420. The molecule has 0 atom stereocenters. The Morgan fingerprint density at radius 3 is 2.47 bits per heavy atom. The van der Waals surface area contributed by atoms with E-state index in [1.54, 1.807) is 12.4 Å². The molecule has 0 spiro atoms. The number of para-hydroxylation sites is 1. The van der Waals surface area contributed by atoms with Gasteiger partial charge in [-0.05, 0) is 68.6 Å². The number of rotatable bonds is 6. The van der Waals surface area contributed by atoms with Crippen LogP contribution in [0.4, 0.5) is 5.82 Å². The van der Waals surface area contributed by atoms with E-state index in [1.807, 2.05) is 65.6 Å². The smallest absolute Gasteiger partial charge is 0.253 e. The highest BCUT2D eigenvalue weighted by Crippen LogP contribution is 2.29. The Kier molecular flexibility index (Phi) is 6.92. The van der Waals surface area contributed by atoms with Crippen LogP contribution in [0.2, 0.25) is 0 Å². The van der Waals surface area contributed by atoms with Gasteiger partial charge < -0.3 is 20.3 Å². The summed E-state index contributed by atoms with van der Waals surface area (Å²) in [6.07, 6.45) is 8.28. The van der Waals surface area contributed by atoms with Gasteiger partial charge in [-0.1, -0.05) is 36.4 Å². The minimum atomic E-state index is 0.111. The van der Waals surface area contributed by atoms with Crippen LogP contribution in [0.3, 0.4) is 0 Å². The summed E-state index contributed by atoms with van der Waals surface area (Å²) in [6, 6.07) is 20.3. The van der Waals surface area contributed by atoms with Crippen molar-refractivity contribution in [3.05, 3.63) is 84.2 Å². The monoisotopic (exact) mass is 507 g/mol. The lowest BCUT2D eigenvalue weighted by atomic mass is 10.0. The van der Waals surface area contributed by atoms with Crippen molar-refractivity contribution in [1.29, 1.82) is 0 Å². The van der Waals surface area contributed by atoms with Gasteiger partial charge in [-0.25, -0.2) is 4.98 Å². The van der Waals surface area contributed by atoms with Crippen LogP contribution in [-0.4, -0.2) is 57.9 Å². The molecule has 6 rings (SSSR count). The first-order valence-corrected chi connectivity index (χ1v) is 13.5. The molecule has 1 amide bonds. The zero-order valence-electron chi connectivity index (χ0n) is 21.6. The van der Waals surface area contributed by atoms with Crippen LogP contribution in [0.25, 0.3) is 22.0 Å². The number of carbonyl (C=O) groups is 1. The number of hydrogen-bond acceptors (Lipinski definition) is 6. The molecular formula is C31H33N5O2. The molecule has 2 aromatic heterocycles. The molecule has 0 unspecified atom stereocenters. The molecule has 4 heterocycles. The number of carbonyl (C=O) groups excluding carboxylic acids is 1. The Balaban J connectivity index is 1.12. The molecule has 2 aliphatic rings. The molecule has 38 heavy (non-hydrogen) atoms. The molecule has 7 nitrogen and oxygen atoms in total. The minimum Gasteiger partial charge on any atom is -0.485 e. The van der Waals surface area contributed by atoms with E-state index in [4.69, 9.17) is 10.5 Å². The van der Waals surface area contributed by atoms with Crippen molar-refractivity contribution in [1.82, 2.24) is 19.8 Å². The number of piperidine rings is 1. The number of hydrogen-bond donors (Lipinski definition) is 1. The maximum Gasteiger partial charge on any atom is 0.253 e. The lowest BCUT2D eigenvalue weighted by Gasteiger charge is -2.36. The van der Waals surface area contributed by atoms with Gasteiger partial charge in [0.1, 0.15) is 6.61 Å². The quantitative estimate of drug-likeness (QED) is 0.388. The van der Waals surface area contributed by atoms with Crippen LogP contribution >= 0.6 is 0 Å². The molecule has 0 aliphatic carbocycles. The molecule has 2 aliphatic heterocycles. The summed E-state index contributed by atoms with van der Waals surface area (Å²) >= 11 is 0. The first kappa shape index (κ1) is 24.4. The van der Waals surface area contributed by atoms with Crippen molar-refractivity contribution in [3.63, 3.8) is 0 Å². The van der Waals surface area contributed by atoms with Gasteiger partial charge >= 0.3 is 0 Å². The van der Waals surface area contributed by atoms with Crippen LogP contribution in [0.1, 0.15) is 41.6 Å². The van der Waals surface area contributed by atoms with Gasteiger partial charge in [0.15, 0.2) is 11.6 Å². The van der Waals surface area contributed by atoms with Crippen molar-refractivity contribution < 1.29 is 9.53 Å². The second-order valence-electron chi connectivity index (χ2n) is 10.2. The van der Waals surface area contributed by atoms with Crippen LogP contribution in [0.5, 0.6) is 5.75 Å². The van der Waals surface area contributed by atoms with Crippen LogP contribution in [0, 0.1) is 0 Å². The SMILES string of the molecule is Nc1ncc(-c2ccc(C(=O)N3CCC(N4CCCC4)CC3)cc2)cc1OCc1cccc2cccnc12. The van der Waals surface area contributed by atoms with E-state index in [-0.39, 0.29) is 5.91 Å². The largest absolute Gasteiger partial charge is 0.485 e. The van der Waals surface area contributed by atoms with Crippen molar-refractivity contribution in [2.24, 2.45) is 0 Å². The molecular weight excluding hydrogens is 474 g/mol. The topological polar surface area (TPSA) is 84.6 Å². The summed E-state index contributed by atoms with van der Waals surface area (Å²) in [4.78, 5) is 26.6. The Morgan fingerprint density at radius 2 is 1.68 bits per heavy atom. The second kappa shape index (κ2) is 10.8. The van der Waals surface area contributed by atoms with E-state index in [9.17, 15) is 4.79 Å². The number of aromatic nitrogens is 2. The number of fused-ring (bicyclic) bond motifs is 1. The average molecular weight is 508 g/mol. The molecule has 2 saturated heterocycles. The Hall–Kier alpha value is -3.97. The third kappa shape index (κ3) is 5.07. The van der Waals surface area contributed by atoms with Gasteiger partial charge in [-0.3, -0.25) is 9.78 Å². The van der Waals surface area contributed by atoms with Crippen molar-refractivity contribution in [2.75, 3.05) is 31.9 Å². The first-order chi connectivity index (χ1) is 18.7. The minimum absolute atomic E-state index is 0.111. The Labute approximate surface area is 223 Å². The summed E-state index contributed by atoms with van der Waals surface area (Å²) in [5, 5.41) is 1.07. The van der Waals surface area contributed by atoms with E-state index in [0.717, 1.165) is 59.1 Å². The third-order valence-corrected chi connectivity index (χ3v) is 7.86. The fourth-order valence-corrected chi connectivity index (χ4v) is 5.70. The second-order valence-corrected chi connectivity index (χ2v) is 10.2. The standard InChI is InChI=1S/C31H33N5O2/c32-30-28(38-21-25-6-3-5-23-7-4-14-33-29(23)25)19-26(20-34-30)22-8-10-24(11-9-22)31(37)36-17-12-27(13-18-36)35-15-1-2-16-35/h3-11,14,19-20,27H,1-2,12-13,15-18,21H2,(H2,32,34). The van der Waals surface area contributed by atoms with Crippen molar-refractivity contribution in [2.45, 2.75) is 38.3 Å². The lowest BCUT2D eigenvalue weighted by molar-refractivity contribution is 0.0644. The summed E-state index contributed by atoms with van der Waals surface area (Å²) in [6.45, 7) is 4.43. The molecule has 2 aromatic carbocycles. The fraction of sp³-hybridized carbons (Fsp3) is 0.323. The van der Waals surface area contributed by atoms with E-state index < -0.39 is 0 Å². The normalized spacial score (nSPS) is 16.7. The third-order valence-electron chi connectivity index (χ3n) is 7.86.